The first-order valence-corrected chi connectivity index (χ1v) is 6.21. The second kappa shape index (κ2) is 4.72. The lowest BCUT2D eigenvalue weighted by molar-refractivity contribution is 0.330. The normalized spacial score (nSPS) is 19.0. The molecule has 2 aromatic rings. The van der Waals surface area contributed by atoms with Crippen LogP contribution in [0.3, 0.4) is 0 Å². The van der Waals surface area contributed by atoms with Gasteiger partial charge in [0.05, 0.1) is 0 Å². The molecule has 0 aliphatic carbocycles. The molecule has 0 aromatic heterocycles. The van der Waals surface area contributed by atoms with Crippen molar-refractivity contribution in [1.29, 1.82) is 0 Å². The van der Waals surface area contributed by atoms with Crippen LogP contribution in [0.5, 0.6) is 0 Å². The van der Waals surface area contributed by atoms with E-state index >= 15 is 0 Å². The van der Waals surface area contributed by atoms with Gasteiger partial charge in [-0.15, -0.1) is 0 Å². The maximum Gasteiger partial charge on any atom is 0.0368 e. The first-order valence-electron chi connectivity index (χ1n) is 6.21. The van der Waals surface area contributed by atoms with Crippen molar-refractivity contribution in [2.75, 3.05) is 6.54 Å². The summed E-state index contributed by atoms with van der Waals surface area (Å²) in [5.41, 5.74) is 2.76. The van der Waals surface area contributed by atoms with E-state index in [1.165, 1.54) is 17.5 Å². The van der Waals surface area contributed by atoms with Crippen molar-refractivity contribution >= 4 is 0 Å². The Labute approximate surface area is 102 Å². The molecule has 1 aliphatic heterocycles. The maximum atomic E-state index is 4.62. The molecular formula is C16H16N. The Balaban J connectivity index is 1.98. The Morgan fingerprint density at radius 2 is 1.29 bits per heavy atom. The molecule has 1 atom stereocenters. The average Bonchev–Trinajstić information content (AvgIpc) is 2.36. The van der Waals surface area contributed by atoms with Gasteiger partial charge < -0.3 is 0 Å². The Hall–Kier alpha value is -1.60. The zero-order valence-electron chi connectivity index (χ0n) is 9.79. The molecule has 0 amide bonds. The summed E-state index contributed by atoms with van der Waals surface area (Å²) >= 11 is 0. The Kier molecular flexibility index (Phi) is 2.93. The lowest BCUT2D eigenvalue weighted by Gasteiger charge is -2.34. The smallest absolute Gasteiger partial charge is 0.0368 e. The van der Waals surface area contributed by atoms with E-state index in [9.17, 15) is 0 Å². The van der Waals surface area contributed by atoms with Gasteiger partial charge in [0, 0.05) is 18.5 Å². The van der Waals surface area contributed by atoms with Crippen molar-refractivity contribution < 1.29 is 0 Å². The summed E-state index contributed by atoms with van der Waals surface area (Å²) in [5, 5.41) is 4.62. The topological polar surface area (TPSA) is 14.1 Å². The fourth-order valence-electron chi connectivity index (χ4n) is 2.51. The van der Waals surface area contributed by atoms with Crippen LogP contribution in [-0.2, 0) is 0 Å². The van der Waals surface area contributed by atoms with Crippen molar-refractivity contribution in [3.05, 3.63) is 71.8 Å². The van der Waals surface area contributed by atoms with Crippen molar-refractivity contribution in [2.45, 2.75) is 18.4 Å². The molecule has 1 aliphatic rings. The first kappa shape index (κ1) is 10.5. The molecule has 1 fully saturated rings. The van der Waals surface area contributed by atoms with Gasteiger partial charge >= 0.3 is 0 Å². The molecule has 1 heteroatoms. The van der Waals surface area contributed by atoms with Gasteiger partial charge in [0.1, 0.15) is 0 Å². The minimum Gasteiger partial charge on any atom is -0.237 e. The summed E-state index contributed by atoms with van der Waals surface area (Å²) in [7, 11) is 0. The van der Waals surface area contributed by atoms with Crippen molar-refractivity contribution in [3.8, 4) is 0 Å². The fraction of sp³-hybridized carbons (Fsp3) is 0.250. The van der Waals surface area contributed by atoms with Gasteiger partial charge in [-0.05, 0) is 17.5 Å². The Bertz CT molecular complexity index is 420. The molecular weight excluding hydrogens is 206 g/mol. The summed E-state index contributed by atoms with van der Waals surface area (Å²) in [5.74, 6) is 0.436. The standard InChI is InChI=1S/C16H16N/c1-3-7-13(8-4-1)16(15-11-12-17-15)14-9-5-2-6-10-14/h1-10,15-16H,11-12H2. The third kappa shape index (κ3) is 2.11. The minimum atomic E-state index is 0.436. The van der Waals surface area contributed by atoms with Gasteiger partial charge in [-0.1, -0.05) is 60.7 Å². The highest BCUT2D eigenvalue weighted by atomic mass is 15.0. The van der Waals surface area contributed by atoms with E-state index in [1.807, 2.05) is 0 Å². The third-order valence-electron chi connectivity index (χ3n) is 3.49. The van der Waals surface area contributed by atoms with Gasteiger partial charge in [0.25, 0.3) is 0 Å². The van der Waals surface area contributed by atoms with Crippen LogP contribution in [-0.4, -0.2) is 12.6 Å². The molecule has 3 rings (SSSR count). The summed E-state index contributed by atoms with van der Waals surface area (Å²) in [6.07, 6.45) is 1.22. The van der Waals surface area contributed by atoms with E-state index in [-0.39, 0.29) is 0 Å². The molecule has 1 unspecified atom stereocenters. The summed E-state index contributed by atoms with van der Waals surface area (Å²) < 4.78 is 0. The Morgan fingerprint density at radius 1 is 0.824 bits per heavy atom. The van der Waals surface area contributed by atoms with Crippen LogP contribution in [0.2, 0.25) is 0 Å². The van der Waals surface area contributed by atoms with Gasteiger partial charge in [-0.25, -0.2) is 5.32 Å². The molecule has 1 saturated heterocycles. The molecule has 0 bridgehead atoms. The van der Waals surface area contributed by atoms with E-state index in [4.69, 9.17) is 0 Å². The fourth-order valence-corrected chi connectivity index (χ4v) is 2.51. The zero-order valence-corrected chi connectivity index (χ0v) is 9.79. The van der Waals surface area contributed by atoms with Crippen LogP contribution in [0.15, 0.2) is 60.7 Å². The summed E-state index contributed by atoms with van der Waals surface area (Å²) in [6, 6.07) is 21.9. The zero-order chi connectivity index (χ0) is 11.5. The number of hydrogen-bond donors (Lipinski definition) is 0. The van der Waals surface area contributed by atoms with Crippen LogP contribution >= 0.6 is 0 Å². The molecule has 1 nitrogen and oxygen atoms in total. The second-order valence-electron chi connectivity index (χ2n) is 4.56. The second-order valence-corrected chi connectivity index (χ2v) is 4.56. The highest BCUT2D eigenvalue weighted by Crippen LogP contribution is 2.32. The Morgan fingerprint density at radius 3 is 1.65 bits per heavy atom. The van der Waals surface area contributed by atoms with Gasteiger partial charge in [-0.2, -0.15) is 0 Å². The summed E-state index contributed by atoms with van der Waals surface area (Å²) in [4.78, 5) is 0. The van der Waals surface area contributed by atoms with Gasteiger partial charge in [0.15, 0.2) is 0 Å². The molecule has 1 radical (unpaired) electrons. The lowest BCUT2D eigenvalue weighted by atomic mass is 9.81. The van der Waals surface area contributed by atoms with Crippen LogP contribution in [0.4, 0.5) is 0 Å². The summed E-state index contributed by atoms with van der Waals surface area (Å²) in [6.45, 7) is 1.03. The van der Waals surface area contributed by atoms with Crippen molar-refractivity contribution in [1.82, 2.24) is 5.32 Å². The predicted molar refractivity (Wildman–Crippen MR) is 70.1 cm³/mol. The number of benzene rings is 2. The van der Waals surface area contributed by atoms with Crippen LogP contribution in [0, 0.1) is 0 Å². The monoisotopic (exact) mass is 222 g/mol. The van der Waals surface area contributed by atoms with E-state index < -0.39 is 0 Å². The third-order valence-corrected chi connectivity index (χ3v) is 3.49. The highest BCUT2D eigenvalue weighted by Gasteiger charge is 2.30. The molecule has 1 heterocycles. The number of nitrogens with zero attached hydrogens (tertiary/aromatic N) is 1. The van der Waals surface area contributed by atoms with Gasteiger partial charge in [-0.3, -0.25) is 0 Å². The van der Waals surface area contributed by atoms with Crippen LogP contribution in [0.1, 0.15) is 23.5 Å². The quantitative estimate of drug-likeness (QED) is 0.757. The van der Waals surface area contributed by atoms with E-state index in [1.54, 1.807) is 0 Å². The minimum absolute atomic E-state index is 0.436. The molecule has 17 heavy (non-hydrogen) atoms. The lowest BCUT2D eigenvalue weighted by Crippen LogP contribution is -2.41. The largest absolute Gasteiger partial charge is 0.237 e. The molecule has 85 valence electrons. The predicted octanol–water partition coefficient (Wildman–Crippen LogP) is 3.20. The maximum absolute atomic E-state index is 4.62. The van der Waals surface area contributed by atoms with Crippen LogP contribution in [0.25, 0.3) is 0 Å². The number of hydrogen-bond acceptors (Lipinski definition) is 0. The SMILES string of the molecule is c1ccc(C(c2ccccc2)C2CC[N]2)cc1. The highest BCUT2D eigenvalue weighted by molar-refractivity contribution is 5.34. The van der Waals surface area contributed by atoms with E-state index in [2.05, 4.69) is 66.0 Å². The first-order chi connectivity index (χ1) is 8.45. The van der Waals surface area contributed by atoms with Crippen molar-refractivity contribution in [3.63, 3.8) is 0 Å². The molecule has 0 spiro atoms. The molecule has 0 saturated carbocycles. The van der Waals surface area contributed by atoms with Gasteiger partial charge in [0.2, 0.25) is 0 Å². The van der Waals surface area contributed by atoms with Crippen molar-refractivity contribution in [2.24, 2.45) is 0 Å². The molecule has 2 aromatic carbocycles. The van der Waals surface area contributed by atoms with Crippen LogP contribution < -0.4 is 5.32 Å². The molecule has 0 N–H and O–H groups in total. The van der Waals surface area contributed by atoms with E-state index in [0.717, 1.165) is 6.54 Å². The number of rotatable bonds is 3. The average molecular weight is 222 g/mol. The van der Waals surface area contributed by atoms with E-state index in [0.29, 0.717) is 12.0 Å².